The predicted octanol–water partition coefficient (Wildman–Crippen LogP) is 3.11. The van der Waals surface area contributed by atoms with Gasteiger partial charge in [0.2, 0.25) is 5.91 Å². The molecule has 8 heteroatoms. The molecule has 2 aromatic carbocycles. The second-order valence-corrected chi connectivity index (χ2v) is 9.48. The minimum atomic E-state index is -0.942. The molecular formula is C27H30N2O6. The molecule has 1 heterocycles. The van der Waals surface area contributed by atoms with Crippen molar-refractivity contribution in [3.05, 3.63) is 59.7 Å². The molecule has 1 saturated heterocycles. The first-order valence-electron chi connectivity index (χ1n) is 12.2. The maximum atomic E-state index is 13.0. The Bertz CT molecular complexity index is 1090. The van der Waals surface area contributed by atoms with E-state index < -0.39 is 24.0 Å². The van der Waals surface area contributed by atoms with E-state index in [9.17, 15) is 19.5 Å². The van der Waals surface area contributed by atoms with Gasteiger partial charge in [0.05, 0.1) is 19.3 Å². The van der Waals surface area contributed by atoms with Crippen LogP contribution in [-0.2, 0) is 19.1 Å². The lowest BCUT2D eigenvalue weighted by atomic mass is 9.98. The molecule has 2 aromatic rings. The van der Waals surface area contributed by atoms with Crippen molar-refractivity contribution in [3.8, 4) is 11.1 Å². The highest BCUT2D eigenvalue weighted by molar-refractivity contribution is 5.83. The predicted molar refractivity (Wildman–Crippen MR) is 128 cm³/mol. The highest BCUT2D eigenvalue weighted by Crippen LogP contribution is 2.44. The van der Waals surface area contributed by atoms with E-state index in [0.717, 1.165) is 11.1 Å². The molecule has 184 valence electrons. The van der Waals surface area contributed by atoms with Gasteiger partial charge in [-0.2, -0.15) is 0 Å². The van der Waals surface area contributed by atoms with Gasteiger partial charge in [0.15, 0.2) is 0 Å². The third kappa shape index (κ3) is 4.50. The Morgan fingerprint density at radius 1 is 1.03 bits per heavy atom. The third-order valence-corrected chi connectivity index (χ3v) is 7.48. The van der Waals surface area contributed by atoms with Crippen molar-refractivity contribution >= 4 is 18.0 Å². The monoisotopic (exact) mass is 478 g/mol. The van der Waals surface area contributed by atoms with Gasteiger partial charge in [-0.25, -0.2) is 4.79 Å². The molecule has 2 unspecified atom stereocenters. The molecule has 35 heavy (non-hydrogen) atoms. The average molecular weight is 479 g/mol. The number of alkyl carbamates (subject to hydrolysis) is 1. The van der Waals surface area contributed by atoms with Gasteiger partial charge >= 0.3 is 12.1 Å². The van der Waals surface area contributed by atoms with Crippen LogP contribution in [0, 0.1) is 17.8 Å². The maximum Gasteiger partial charge on any atom is 0.407 e. The summed E-state index contributed by atoms with van der Waals surface area (Å²) in [5, 5.41) is 12.2. The first kappa shape index (κ1) is 23.4. The number of ether oxygens (including phenoxy) is 2. The summed E-state index contributed by atoms with van der Waals surface area (Å²) in [5.41, 5.74) is 4.67. The van der Waals surface area contributed by atoms with Gasteiger partial charge in [-0.05, 0) is 41.5 Å². The van der Waals surface area contributed by atoms with Crippen molar-refractivity contribution < 1.29 is 29.0 Å². The number of aliphatic carboxylic acids is 1. The average Bonchev–Trinajstić information content (AvgIpc) is 3.35. The number of rotatable bonds is 8. The first-order chi connectivity index (χ1) is 17.0. The molecule has 1 aliphatic heterocycles. The number of carboxylic acids is 1. The minimum Gasteiger partial charge on any atom is -0.481 e. The highest BCUT2D eigenvalue weighted by atomic mass is 16.5. The lowest BCUT2D eigenvalue weighted by Crippen LogP contribution is -2.47. The number of fused-ring (bicyclic) bond motifs is 3. The van der Waals surface area contributed by atoms with Crippen LogP contribution in [0.2, 0.25) is 0 Å². The topological polar surface area (TPSA) is 105 Å². The van der Waals surface area contributed by atoms with Crippen molar-refractivity contribution in [1.29, 1.82) is 0 Å². The molecule has 2 fully saturated rings. The molecule has 8 nitrogen and oxygen atoms in total. The molecule has 0 radical (unpaired) electrons. The van der Waals surface area contributed by atoms with E-state index in [-0.39, 0.29) is 43.5 Å². The summed E-state index contributed by atoms with van der Waals surface area (Å²) in [7, 11) is 0. The number of benzene rings is 2. The second-order valence-electron chi connectivity index (χ2n) is 9.48. The number of carboxylic acid groups (broad SMARTS) is 1. The zero-order valence-corrected chi connectivity index (χ0v) is 19.7. The van der Waals surface area contributed by atoms with Crippen molar-refractivity contribution in [2.75, 3.05) is 32.9 Å². The van der Waals surface area contributed by atoms with Crippen molar-refractivity contribution in [1.82, 2.24) is 10.2 Å². The summed E-state index contributed by atoms with van der Waals surface area (Å²) in [6.07, 6.45) is 0.178. The number of nitrogens with zero attached hydrogens (tertiary/aromatic N) is 1. The molecule has 1 saturated carbocycles. The van der Waals surface area contributed by atoms with Crippen LogP contribution in [0.3, 0.4) is 0 Å². The summed E-state index contributed by atoms with van der Waals surface area (Å²) < 4.78 is 10.9. The lowest BCUT2D eigenvalue weighted by molar-refractivity contribution is -0.145. The first-order valence-corrected chi connectivity index (χ1v) is 12.2. The van der Waals surface area contributed by atoms with E-state index in [4.69, 9.17) is 9.47 Å². The fourth-order valence-corrected chi connectivity index (χ4v) is 5.49. The Balaban J connectivity index is 1.12. The number of likely N-dealkylation sites (N-methyl/N-ethyl adjacent to an activating group) is 1. The smallest absolute Gasteiger partial charge is 0.407 e. The Morgan fingerprint density at radius 3 is 2.31 bits per heavy atom. The minimum absolute atomic E-state index is 0.00248. The van der Waals surface area contributed by atoms with E-state index >= 15 is 0 Å². The van der Waals surface area contributed by atoms with Crippen molar-refractivity contribution in [2.45, 2.75) is 25.3 Å². The molecule has 0 aromatic heterocycles. The molecule has 2 aliphatic carbocycles. The Labute approximate surface area is 204 Å². The molecule has 2 N–H and O–H groups in total. The van der Waals surface area contributed by atoms with E-state index in [1.807, 2.05) is 31.2 Å². The van der Waals surface area contributed by atoms with Crippen LogP contribution < -0.4 is 5.32 Å². The second kappa shape index (κ2) is 9.70. The Kier molecular flexibility index (Phi) is 6.47. The fraction of sp³-hybridized carbons (Fsp3) is 0.444. The largest absolute Gasteiger partial charge is 0.481 e. The van der Waals surface area contributed by atoms with Crippen molar-refractivity contribution in [3.63, 3.8) is 0 Å². The Hall–Kier alpha value is -3.39. The van der Waals surface area contributed by atoms with E-state index in [0.29, 0.717) is 19.5 Å². The molecule has 3 aliphatic rings. The quantitative estimate of drug-likeness (QED) is 0.604. The summed E-state index contributed by atoms with van der Waals surface area (Å²) in [5.74, 6) is -1.88. The normalized spacial score (nSPS) is 24.4. The van der Waals surface area contributed by atoms with Gasteiger partial charge in [-0.15, -0.1) is 0 Å². The maximum absolute atomic E-state index is 13.0. The molecule has 2 amide bonds. The van der Waals surface area contributed by atoms with Crippen LogP contribution >= 0.6 is 0 Å². The standard InChI is InChI=1S/C27H30N2O6/c1-2-29(24-15-34-13-23(24)26(31)32)25(30)21-11-16(21)12-28-27(33)35-14-22-19-9-5-3-7-17(19)18-8-4-6-10-20(18)22/h3-10,16,21-24H,2,11-15H2,1H3,(H,28,33)(H,31,32)/t16-,21-,23?,24?/m1/s1. The number of carbonyl (C=O) groups is 3. The van der Waals surface area contributed by atoms with Crippen LogP contribution in [0.15, 0.2) is 48.5 Å². The number of nitrogens with one attached hydrogen (secondary N) is 1. The SMILES string of the molecule is CCN(C(=O)[C@@H]1C[C@@H]1CNC(=O)OCC1c2ccccc2-c2ccccc21)C1COCC1C(=O)O. The summed E-state index contributed by atoms with van der Waals surface area (Å²) in [6.45, 7) is 3.25. The van der Waals surface area contributed by atoms with Crippen molar-refractivity contribution in [2.24, 2.45) is 17.8 Å². The fourth-order valence-electron chi connectivity index (χ4n) is 5.49. The van der Waals surface area contributed by atoms with Crippen LogP contribution in [0.5, 0.6) is 0 Å². The third-order valence-electron chi connectivity index (χ3n) is 7.48. The van der Waals surface area contributed by atoms with Gasteiger partial charge in [-0.3, -0.25) is 9.59 Å². The van der Waals surface area contributed by atoms with Gasteiger partial charge in [-0.1, -0.05) is 48.5 Å². The highest BCUT2D eigenvalue weighted by Gasteiger charge is 2.48. The van der Waals surface area contributed by atoms with Crippen LogP contribution in [0.4, 0.5) is 4.79 Å². The number of hydrogen-bond donors (Lipinski definition) is 2. The van der Waals surface area contributed by atoms with Gasteiger partial charge < -0.3 is 24.8 Å². The molecule has 0 bridgehead atoms. The van der Waals surface area contributed by atoms with Crippen LogP contribution in [0.1, 0.15) is 30.4 Å². The van der Waals surface area contributed by atoms with E-state index in [1.54, 1.807) is 4.90 Å². The van der Waals surface area contributed by atoms with Crippen LogP contribution in [-0.4, -0.2) is 66.9 Å². The van der Waals surface area contributed by atoms with E-state index in [1.165, 1.54) is 11.1 Å². The number of amides is 2. The van der Waals surface area contributed by atoms with Gasteiger partial charge in [0.25, 0.3) is 0 Å². The van der Waals surface area contributed by atoms with Crippen LogP contribution in [0.25, 0.3) is 11.1 Å². The number of hydrogen-bond acceptors (Lipinski definition) is 5. The van der Waals surface area contributed by atoms with Gasteiger partial charge in [0, 0.05) is 24.9 Å². The molecular weight excluding hydrogens is 448 g/mol. The zero-order chi connectivity index (χ0) is 24.5. The summed E-state index contributed by atoms with van der Waals surface area (Å²) >= 11 is 0. The van der Waals surface area contributed by atoms with Gasteiger partial charge in [0.1, 0.15) is 12.5 Å². The lowest BCUT2D eigenvalue weighted by Gasteiger charge is -2.29. The number of carbonyl (C=O) groups excluding carboxylic acids is 2. The molecule has 5 rings (SSSR count). The summed E-state index contributed by atoms with van der Waals surface area (Å²) in [4.78, 5) is 38.6. The zero-order valence-electron chi connectivity index (χ0n) is 19.7. The molecule has 4 atom stereocenters. The Morgan fingerprint density at radius 2 is 1.69 bits per heavy atom. The van der Waals surface area contributed by atoms with E-state index in [2.05, 4.69) is 29.6 Å². The molecule has 0 spiro atoms. The summed E-state index contributed by atoms with van der Waals surface area (Å²) in [6, 6.07) is 15.9.